The van der Waals surface area contributed by atoms with Gasteiger partial charge >= 0.3 is 0 Å². The van der Waals surface area contributed by atoms with E-state index in [4.69, 9.17) is 0 Å². The highest BCUT2D eigenvalue weighted by atomic mass is 32.2. The number of hydrogen-bond donors (Lipinski definition) is 0. The Labute approximate surface area is 123 Å². The highest BCUT2D eigenvalue weighted by Gasteiger charge is 2.09. The molecule has 0 saturated heterocycles. The molecule has 0 aliphatic heterocycles. The van der Waals surface area contributed by atoms with Gasteiger partial charge < -0.3 is 4.90 Å². The summed E-state index contributed by atoms with van der Waals surface area (Å²) in [4.78, 5) is 4.61. The summed E-state index contributed by atoms with van der Waals surface area (Å²) in [6.45, 7) is 5.58. The fourth-order valence-electron chi connectivity index (χ4n) is 2.00. The van der Waals surface area contributed by atoms with Crippen LogP contribution in [-0.4, -0.2) is 43.6 Å². The van der Waals surface area contributed by atoms with E-state index in [2.05, 4.69) is 69.1 Å². The molecule has 1 aromatic rings. The van der Waals surface area contributed by atoms with Crippen molar-refractivity contribution in [3.8, 4) is 0 Å². The molecule has 0 aliphatic carbocycles. The van der Waals surface area contributed by atoms with Crippen LogP contribution in [0.5, 0.6) is 0 Å². The molecule has 0 aromatic heterocycles. The van der Waals surface area contributed by atoms with Crippen LogP contribution in [0, 0.1) is 0 Å². The molecule has 0 heterocycles. The first-order valence-corrected chi connectivity index (χ1v) is 8.24. The zero-order valence-electron chi connectivity index (χ0n) is 13.0. The Morgan fingerprint density at radius 3 is 2.58 bits per heavy atom. The minimum absolute atomic E-state index is 0.641. The van der Waals surface area contributed by atoms with Crippen molar-refractivity contribution in [2.45, 2.75) is 32.9 Å². The lowest BCUT2D eigenvalue weighted by Crippen LogP contribution is -2.29. The minimum atomic E-state index is 0.641. The average molecular weight is 280 g/mol. The molecule has 108 valence electrons. The Morgan fingerprint density at radius 1 is 1.21 bits per heavy atom. The van der Waals surface area contributed by atoms with Crippen LogP contribution >= 0.6 is 11.8 Å². The summed E-state index contributed by atoms with van der Waals surface area (Å²) in [5.41, 5.74) is 2.67. The van der Waals surface area contributed by atoms with Crippen molar-refractivity contribution in [2.75, 3.05) is 37.5 Å². The number of thioether (sulfide) groups is 1. The summed E-state index contributed by atoms with van der Waals surface area (Å²) < 4.78 is 0. The van der Waals surface area contributed by atoms with Gasteiger partial charge in [0.15, 0.2) is 0 Å². The predicted molar refractivity (Wildman–Crippen MR) is 89.3 cm³/mol. The zero-order valence-corrected chi connectivity index (χ0v) is 13.8. The van der Waals surface area contributed by atoms with Gasteiger partial charge in [-0.05, 0) is 49.6 Å². The third-order valence-corrected chi connectivity index (χ3v) is 4.43. The minimum Gasteiger partial charge on any atom is -0.378 e. The first-order valence-electron chi connectivity index (χ1n) is 7.08. The molecule has 1 rings (SSSR count). The van der Waals surface area contributed by atoms with Crippen LogP contribution in [0.2, 0.25) is 0 Å². The van der Waals surface area contributed by atoms with Crippen molar-refractivity contribution in [3.63, 3.8) is 0 Å². The molecular formula is C16H28N2S. The summed E-state index contributed by atoms with van der Waals surface area (Å²) >= 11 is 2.03. The SMILES string of the molecule is CCSCC[C@H](C)N(C)Cc1cccc(N(C)C)c1. The molecular weight excluding hydrogens is 252 g/mol. The van der Waals surface area contributed by atoms with E-state index in [0.717, 1.165) is 6.54 Å². The first-order chi connectivity index (χ1) is 9.04. The quantitative estimate of drug-likeness (QED) is 0.670. The number of benzene rings is 1. The van der Waals surface area contributed by atoms with E-state index in [-0.39, 0.29) is 0 Å². The maximum absolute atomic E-state index is 2.45. The van der Waals surface area contributed by atoms with Crippen LogP contribution in [0.1, 0.15) is 25.8 Å². The van der Waals surface area contributed by atoms with E-state index < -0.39 is 0 Å². The van der Waals surface area contributed by atoms with E-state index in [1.807, 2.05) is 11.8 Å². The van der Waals surface area contributed by atoms with Gasteiger partial charge in [-0.3, -0.25) is 4.90 Å². The van der Waals surface area contributed by atoms with Gasteiger partial charge in [-0.1, -0.05) is 19.1 Å². The summed E-state index contributed by atoms with van der Waals surface area (Å²) in [7, 11) is 6.41. The molecule has 2 nitrogen and oxygen atoms in total. The van der Waals surface area contributed by atoms with Crippen LogP contribution in [-0.2, 0) is 6.54 Å². The lowest BCUT2D eigenvalue weighted by molar-refractivity contribution is 0.245. The van der Waals surface area contributed by atoms with Gasteiger partial charge in [-0.25, -0.2) is 0 Å². The van der Waals surface area contributed by atoms with E-state index in [0.29, 0.717) is 6.04 Å². The van der Waals surface area contributed by atoms with E-state index in [1.54, 1.807) is 0 Å². The predicted octanol–water partition coefficient (Wildman–Crippen LogP) is 3.72. The lowest BCUT2D eigenvalue weighted by atomic mass is 10.1. The summed E-state index contributed by atoms with van der Waals surface area (Å²) in [5, 5.41) is 0. The zero-order chi connectivity index (χ0) is 14.3. The largest absolute Gasteiger partial charge is 0.378 e. The Hall–Kier alpha value is -0.670. The van der Waals surface area contributed by atoms with Gasteiger partial charge in [0.2, 0.25) is 0 Å². The second kappa shape index (κ2) is 8.49. The number of nitrogens with zero attached hydrogens (tertiary/aromatic N) is 2. The van der Waals surface area contributed by atoms with Crippen molar-refractivity contribution in [1.29, 1.82) is 0 Å². The van der Waals surface area contributed by atoms with Crippen molar-refractivity contribution >= 4 is 17.4 Å². The molecule has 0 radical (unpaired) electrons. The topological polar surface area (TPSA) is 6.48 Å². The molecule has 1 aromatic carbocycles. The average Bonchev–Trinajstić information content (AvgIpc) is 2.39. The molecule has 0 amide bonds. The van der Waals surface area contributed by atoms with Crippen LogP contribution in [0.25, 0.3) is 0 Å². The monoisotopic (exact) mass is 280 g/mol. The fraction of sp³-hybridized carbons (Fsp3) is 0.625. The molecule has 19 heavy (non-hydrogen) atoms. The molecule has 0 fully saturated rings. The molecule has 3 heteroatoms. The first kappa shape index (κ1) is 16.4. The van der Waals surface area contributed by atoms with E-state index >= 15 is 0 Å². The number of hydrogen-bond acceptors (Lipinski definition) is 3. The van der Waals surface area contributed by atoms with Crippen LogP contribution in [0.4, 0.5) is 5.69 Å². The Morgan fingerprint density at radius 2 is 1.95 bits per heavy atom. The summed E-state index contributed by atoms with van der Waals surface area (Å²) in [6, 6.07) is 9.45. The van der Waals surface area contributed by atoms with Crippen molar-refractivity contribution in [2.24, 2.45) is 0 Å². The van der Waals surface area contributed by atoms with Gasteiger partial charge in [0, 0.05) is 32.4 Å². The molecule has 0 bridgehead atoms. The molecule has 0 saturated carbocycles. The fourth-order valence-corrected chi connectivity index (χ4v) is 2.79. The normalized spacial score (nSPS) is 12.7. The van der Waals surface area contributed by atoms with Gasteiger partial charge in [0.1, 0.15) is 0 Å². The third-order valence-electron chi connectivity index (χ3n) is 3.50. The second-order valence-electron chi connectivity index (χ2n) is 5.31. The Kier molecular flexibility index (Phi) is 7.32. The van der Waals surface area contributed by atoms with Crippen molar-refractivity contribution in [1.82, 2.24) is 4.90 Å². The van der Waals surface area contributed by atoms with E-state index in [9.17, 15) is 0 Å². The molecule has 0 spiro atoms. The second-order valence-corrected chi connectivity index (χ2v) is 6.71. The number of anilines is 1. The lowest BCUT2D eigenvalue weighted by Gasteiger charge is -2.25. The smallest absolute Gasteiger partial charge is 0.0364 e. The molecule has 0 unspecified atom stereocenters. The third kappa shape index (κ3) is 5.87. The van der Waals surface area contributed by atoms with Crippen molar-refractivity contribution in [3.05, 3.63) is 29.8 Å². The summed E-state index contributed by atoms with van der Waals surface area (Å²) in [6.07, 6.45) is 1.27. The van der Waals surface area contributed by atoms with E-state index in [1.165, 1.54) is 29.2 Å². The van der Waals surface area contributed by atoms with Crippen LogP contribution in [0.15, 0.2) is 24.3 Å². The molecule has 0 N–H and O–H groups in total. The highest BCUT2D eigenvalue weighted by molar-refractivity contribution is 7.99. The molecule has 1 atom stereocenters. The summed E-state index contributed by atoms with van der Waals surface area (Å²) in [5.74, 6) is 2.49. The van der Waals surface area contributed by atoms with Crippen LogP contribution < -0.4 is 4.90 Å². The maximum atomic E-state index is 2.45. The highest BCUT2D eigenvalue weighted by Crippen LogP contribution is 2.16. The van der Waals surface area contributed by atoms with Gasteiger partial charge in [0.25, 0.3) is 0 Å². The van der Waals surface area contributed by atoms with Gasteiger partial charge in [-0.15, -0.1) is 0 Å². The number of rotatable bonds is 8. The Balaban J connectivity index is 2.51. The van der Waals surface area contributed by atoms with Gasteiger partial charge in [0.05, 0.1) is 0 Å². The van der Waals surface area contributed by atoms with Crippen molar-refractivity contribution < 1.29 is 0 Å². The van der Waals surface area contributed by atoms with Crippen LogP contribution in [0.3, 0.4) is 0 Å². The molecule has 0 aliphatic rings. The maximum Gasteiger partial charge on any atom is 0.0364 e. The van der Waals surface area contributed by atoms with Gasteiger partial charge in [-0.2, -0.15) is 11.8 Å². The Bertz CT molecular complexity index is 366. The standard InChI is InChI=1S/C16H28N2S/c1-6-19-11-10-14(2)18(5)13-15-8-7-9-16(12-15)17(3)4/h7-9,12,14H,6,10-11,13H2,1-5H3/t14-/m0/s1.